The van der Waals surface area contributed by atoms with Crippen LogP contribution in [0.4, 0.5) is 0 Å². The molecule has 88 valence electrons. The van der Waals surface area contributed by atoms with E-state index in [0.29, 0.717) is 13.0 Å². The van der Waals surface area contributed by atoms with Crippen molar-refractivity contribution in [3.05, 3.63) is 30.1 Å². The van der Waals surface area contributed by atoms with E-state index in [-0.39, 0.29) is 17.9 Å². The molecule has 2 atom stereocenters. The Morgan fingerprint density at radius 1 is 1.56 bits per heavy atom. The summed E-state index contributed by atoms with van der Waals surface area (Å²) in [5.41, 5.74) is 6.43. The third kappa shape index (κ3) is 3.62. The summed E-state index contributed by atoms with van der Waals surface area (Å²) in [6, 6.07) is 3.80. The van der Waals surface area contributed by atoms with Gasteiger partial charge in [-0.15, -0.1) is 0 Å². The first-order valence-corrected chi connectivity index (χ1v) is 5.55. The van der Waals surface area contributed by atoms with Gasteiger partial charge in [-0.1, -0.05) is 13.0 Å². The van der Waals surface area contributed by atoms with E-state index in [4.69, 9.17) is 5.73 Å². The third-order valence-electron chi connectivity index (χ3n) is 2.59. The zero-order valence-corrected chi connectivity index (χ0v) is 9.81. The topological polar surface area (TPSA) is 68.0 Å². The standard InChI is InChI=1S/C12H19N3O/c1-9(5-6-13)12(16)15-10(2)11-4-3-7-14-8-11/h3-4,7-10H,5-6,13H2,1-2H3,(H,15,16)/t9?,10-/m0/s1. The van der Waals surface area contributed by atoms with Crippen molar-refractivity contribution >= 4 is 5.91 Å². The molecule has 4 heteroatoms. The molecule has 0 radical (unpaired) electrons. The second kappa shape index (κ2) is 6.23. The van der Waals surface area contributed by atoms with Crippen molar-refractivity contribution in [3.63, 3.8) is 0 Å². The number of nitrogens with two attached hydrogens (primary N) is 1. The predicted molar refractivity (Wildman–Crippen MR) is 63.6 cm³/mol. The fourth-order valence-electron chi connectivity index (χ4n) is 1.45. The number of pyridine rings is 1. The van der Waals surface area contributed by atoms with E-state index in [9.17, 15) is 4.79 Å². The van der Waals surface area contributed by atoms with Crippen LogP contribution in [0.15, 0.2) is 24.5 Å². The van der Waals surface area contributed by atoms with Crippen molar-refractivity contribution < 1.29 is 4.79 Å². The SMILES string of the molecule is CC(CCN)C(=O)N[C@@H](C)c1cccnc1. The molecular formula is C12H19N3O. The highest BCUT2D eigenvalue weighted by Gasteiger charge is 2.15. The molecule has 1 amide bonds. The van der Waals surface area contributed by atoms with Gasteiger partial charge in [-0.3, -0.25) is 9.78 Å². The van der Waals surface area contributed by atoms with Gasteiger partial charge in [0, 0.05) is 18.3 Å². The van der Waals surface area contributed by atoms with Gasteiger partial charge in [-0.05, 0) is 31.5 Å². The van der Waals surface area contributed by atoms with Gasteiger partial charge in [0.15, 0.2) is 0 Å². The van der Waals surface area contributed by atoms with E-state index in [1.54, 1.807) is 12.4 Å². The summed E-state index contributed by atoms with van der Waals surface area (Å²) in [5.74, 6) is 0.00549. The van der Waals surface area contributed by atoms with E-state index < -0.39 is 0 Å². The Hall–Kier alpha value is -1.42. The zero-order valence-electron chi connectivity index (χ0n) is 9.81. The van der Waals surface area contributed by atoms with Crippen molar-refractivity contribution in [3.8, 4) is 0 Å². The highest BCUT2D eigenvalue weighted by molar-refractivity contribution is 5.78. The highest BCUT2D eigenvalue weighted by Crippen LogP contribution is 2.11. The largest absolute Gasteiger partial charge is 0.349 e. The van der Waals surface area contributed by atoms with E-state index in [1.165, 1.54) is 0 Å². The maximum absolute atomic E-state index is 11.7. The summed E-state index contributed by atoms with van der Waals surface area (Å²) in [5, 5.41) is 2.95. The van der Waals surface area contributed by atoms with Crippen molar-refractivity contribution in [1.29, 1.82) is 0 Å². The van der Waals surface area contributed by atoms with Gasteiger partial charge in [0.1, 0.15) is 0 Å². The van der Waals surface area contributed by atoms with Crippen molar-refractivity contribution in [2.75, 3.05) is 6.54 Å². The summed E-state index contributed by atoms with van der Waals surface area (Å²) >= 11 is 0. The molecule has 0 saturated carbocycles. The van der Waals surface area contributed by atoms with E-state index >= 15 is 0 Å². The maximum atomic E-state index is 11.7. The lowest BCUT2D eigenvalue weighted by atomic mass is 10.1. The number of nitrogens with zero attached hydrogens (tertiary/aromatic N) is 1. The lowest BCUT2D eigenvalue weighted by Gasteiger charge is -2.17. The van der Waals surface area contributed by atoms with Crippen LogP contribution in [0.5, 0.6) is 0 Å². The molecule has 4 nitrogen and oxygen atoms in total. The third-order valence-corrected chi connectivity index (χ3v) is 2.59. The quantitative estimate of drug-likeness (QED) is 0.786. The van der Waals surface area contributed by atoms with Gasteiger partial charge in [0.2, 0.25) is 5.91 Å². The van der Waals surface area contributed by atoms with Crippen LogP contribution < -0.4 is 11.1 Å². The number of carbonyl (C=O) groups is 1. The van der Waals surface area contributed by atoms with Crippen LogP contribution in [0, 0.1) is 5.92 Å². The van der Waals surface area contributed by atoms with Crippen LogP contribution in [0.1, 0.15) is 31.9 Å². The Balaban J connectivity index is 2.51. The van der Waals surface area contributed by atoms with E-state index in [2.05, 4.69) is 10.3 Å². The van der Waals surface area contributed by atoms with Crippen molar-refractivity contribution in [1.82, 2.24) is 10.3 Å². The Kier molecular flexibility index (Phi) is 4.92. The van der Waals surface area contributed by atoms with Gasteiger partial charge >= 0.3 is 0 Å². The summed E-state index contributed by atoms with van der Waals surface area (Å²) in [6.45, 7) is 4.37. The van der Waals surface area contributed by atoms with Crippen LogP contribution in [-0.4, -0.2) is 17.4 Å². The molecule has 0 aliphatic carbocycles. The van der Waals surface area contributed by atoms with Crippen LogP contribution in [0.3, 0.4) is 0 Å². The Bertz CT molecular complexity index is 326. The number of hydrogen-bond donors (Lipinski definition) is 2. The van der Waals surface area contributed by atoms with E-state index in [1.807, 2.05) is 26.0 Å². The summed E-state index contributed by atoms with van der Waals surface area (Å²) in [6.07, 6.45) is 4.19. The van der Waals surface area contributed by atoms with Gasteiger partial charge in [0.05, 0.1) is 6.04 Å². The number of hydrogen-bond acceptors (Lipinski definition) is 3. The molecule has 0 bridgehead atoms. The number of aromatic nitrogens is 1. The highest BCUT2D eigenvalue weighted by atomic mass is 16.1. The van der Waals surface area contributed by atoms with Gasteiger partial charge in [-0.25, -0.2) is 0 Å². The molecular weight excluding hydrogens is 202 g/mol. The Labute approximate surface area is 96.3 Å². The predicted octanol–water partition coefficient (Wildman–Crippen LogP) is 1.24. The first kappa shape index (κ1) is 12.6. The normalized spacial score (nSPS) is 14.2. The van der Waals surface area contributed by atoms with Gasteiger partial charge < -0.3 is 11.1 Å². The monoisotopic (exact) mass is 221 g/mol. The molecule has 1 aromatic heterocycles. The first-order valence-electron chi connectivity index (χ1n) is 5.55. The molecule has 0 aliphatic rings. The molecule has 1 aromatic rings. The van der Waals surface area contributed by atoms with Gasteiger partial charge in [0.25, 0.3) is 0 Å². The molecule has 3 N–H and O–H groups in total. The van der Waals surface area contributed by atoms with E-state index in [0.717, 1.165) is 5.56 Å². The molecule has 0 fully saturated rings. The number of rotatable bonds is 5. The van der Waals surface area contributed by atoms with Crippen LogP contribution in [0.25, 0.3) is 0 Å². The Morgan fingerprint density at radius 3 is 2.88 bits per heavy atom. The minimum absolute atomic E-state index is 0.0126. The molecule has 1 heterocycles. The number of amides is 1. The average molecular weight is 221 g/mol. The minimum atomic E-state index is -0.0379. The van der Waals surface area contributed by atoms with Crippen molar-refractivity contribution in [2.45, 2.75) is 26.3 Å². The molecule has 0 spiro atoms. The zero-order chi connectivity index (χ0) is 12.0. The lowest BCUT2D eigenvalue weighted by Crippen LogP contribution is -2.32. The maximum Gasteiger partial charge on any atom is 0.223 e. The summed E-state index contributed by atoms with van der Waals surface area (Å²) < 4.78 is 0. The molecule has 16 heavy (non-hydrogen) atoms. The van der Waals surface area contributed by atoms with Crippen LogP contribution in [-0.2, 0) is 4.79 Å². The fourth-order valence-corrected chi connectivity index (χ4v) is 1.45. The molecule has 0 saturated heterocycles. The number of nitrogens with one attached hydrogen (secondary N) is 1. The van der Waals surface area contributed by atoms with Crippen molar-refractivity contribution in [2.24, 2.45) is 11.7 Å². The van der Waals surface area contributed by atoms with Crippen LogP contribution in [0.2, 0.25) is 0 Å². The second-order valence-corrected chi connectivity index (χ2v) is 4.00. The average Bonchev–Trinajstić information content (AvgIpc) is 2.30. The lowest BCUT2D eigenvalue weighted by molar-refractivity contribution is -0.125. The Morgan fingerprint density at radius 2 is 2.31 bits per heavy atom. The fraction of sp³-hybridized carbons (Fsp3) is 0.500. The smallest absolute Gasteiger partial charge is 0.223 e. The first-order chi connectivity index (χ1) is 7.65. The molecule has 1 rings (SSSR count). The van der Waals surface area contributed by atoms with Crippen LogP contribution >= 0.6 is 0 Å². The summed E-state index contributed by atoms with van der Waals surface area (Å²) in [7, 11) is 0. The van der Waals surface area contributed by atoms with Gasteiger partial charge in [-0.2, -0.15) is 0 Å². The molecule has 0 aliphatic heterocycles. The number of carbonyl (C=O) groups excluding carboxylic acids is 1. The summed E-state index contributed by atoms with van der Waals surface area (Å²) in [4.78, 5) is 15.8. The molecule has 0 aromatic carbocycles. The minimum Gasteiger partial charge on any atom is -0.349 e. The molecule has 1 unspecified atom stereocenters. The second-order valence-electron chi connectivity index (χ2n) is 4.00.